The Hall–Kier alpha value is -0.510. The van der Waals surface area contributed by atoms with Crippen LogP contribution in [-0.4, -0.2) is 24.7 Å². The number of nitrogens with one attached hydrogen (secondary N) is 1. The van der Waals surface area contributed by atoms with Crippen LogP contribution < -0.4 is 5.32 Å². The third-order valence-corrected chi connectivity index (χ3v) is 5.04. The van der Waals surface area contributed by atoms with Crippen LogP contribution in [0.15, 0.2) is 24.3 Å². The van der Waals surface area contributed by atoms with E-state index in [1.54, 1.807) is 7.11 Å². The van der Waals surface area contributed by atoms with E-state index >= 15 is 0 Å². The van der Waals surface area contributed by atoms with Crippen LogP contribution in [0.2, 0.25) is 0 Å². The minimum absolute atomic E-state index is 0.701. The van der Waals surface area contributed by atoms with Gasteiger partial charge in [0.25, 0.3) is 0 Å². The van der Waals surface area contributed by atoms with Gasteiger partial charge < -0.3 is 10.1 Å². The lowest BCUT2D eigenvalue weighted by molar-refractivity contribution is 0.185. The van der Waals surface area contributed by atoms with E-state index < -0.39 is 0 Å². The fraction of sp³-hybridized carbons (Fsp3) is 0.625. The van der Waals surface area contributed by atoms with E-state index in [4.69, 9.17) is 4.74 Å². The first kappa shape index (κ1) is 14.9. The van der Waals surface area contributed by atoms with Crippen molar-refractivity contribution in [1.29, 1.82) is 0 Å². The lowest BCUT2D eigenvalue weighted by Crippen LogP contribution is -2.33. The van der Waals surface area contributed by atoms with E-state index in [1.807, 2.05) is 11.8 Å². The summed E-state index contributed by atoms with van der Waals surface area (Å²) in [6.07, 6.45) is 7.61. The molecular weight excluding hydrogens is 254 g/mol. The van der Waals surface area contributed by atoms with E-state index in [-0.39, 0.29) is 0 Å². The molecule has 1 N–H and O–H groups in total. The molecule has 1 aliphatic rings. The molecule has 19 heavy (non-hydrogen) atoms. The summed E-state index contributed by atoms with van der Waals surface area (Å²) in [5.41, 5.74) is 2.62. The van der Waals surface area contributed by atoms with Crippen molar-refractivity contribution >= 4 is 11.8 Å². The van der Waals surface area contributed by atoms with Crippen LogP contribution in [0.3, 0.4) is 0 Å². The average Bonchev–Trinajstić information content (AvgIpc) is 2.46. The molecule has 0 amide bonds. The first-order valence-electron chi connectivity index (χ1n) is 7.14. The number of benzene rings is 1. The Balaban J connectivity index is 1.77. The van der Waals surface area contributed by atoms with Crippen LogP contribution in [0.5, 0.6) is 0 Å². The van der Waals surface area contributed by atoms with Gasteiger partial charge in [-0.1, -0.05) is 24.3 Å². The summed E-state index contributed by atoms with van der Waals surface area (Å²) in [4.78, 5) is 0. The number of thioether (sulfide) groups is 1. The van der Waals surface area contributed by atoms with E-state index in [9.17, 15) is 0 Å². The molecule has 1 aliphatic carbocycles. The molecule has 0 aromatic heterocycles. The topological polar surface area (TPSA) is 21.3 Å². The van der Waals surface area contributed by atoms with Gasteiger partial charge in [-0.3, -0.25) is 0 Å². The summed E-state index contributed by atoms with van der Waals surface area (Å²) in [5, 5.41) is 4.59. The molecule has 2 nitrogen and oxygen atoms in total. The van der Waals surface area contributed by atoms with Crippen molar-refractivity contribution in [2.24, 2.45) is 0 Å². The summed E-state index contributed by atoms with van der Waals surface area (Å²) >= 11 is 2.03. The molecule has 0 bridgehead atoms. The lowest BCUT2D eigenvalue weighted by atomic mass is 9.95. The van der Waals surface area contributed by atoms with Crippen molar-refractivity contribution in [3.8, 4) is 0 Å². The average molecular weight is 279 g/mol. The quantitative estimate of drug-likeness (QED) is 0.860. The third kappa shape index (κ3) is 4.83. The van der Waals surface area contributed by atoms with Crippen LogP contribution in [0.4, 0.5) is 0 Å². The summed E-state index contributed by atoms with van der Waals surface area (Å²) in [6.45, 7) is 1.68. The Morgan fingerprint density at radius 3 is 2.63 bits per heavy atom. The van der Waals surface area contributed by atoms with Crippen LogP contribution in [0.1, 0.15) is 36.8 Å². The molecule has 0 unspecified atom stereocenters. The van der Waals surface area contributed by atoms with Gasteiger partial charge in [0.05, 0.1) is 6.61 Å². The molecule has 1 aromatic carbocycles. The summed E-state index contributed by atoms with van der Waals surface area (Å²) < 4.78 is 5.18. The summed E-state index contributed by atoms with van der Waals surface area (Å²) in [6, 6.07) is 9.38. The predicted octanol–water partition coefficient (Wildman–Crippen LogP) is 3.60. The summed E-state index contributed by atoms with van der Waals surface area (Å²) in [7, 11) is 1.75. The number of rotatable bonds is 6. The maximum atomic E-state index is 5.18. The minimum Gasteiger partial charge on any atom is -0.380 e. The standard InChI is InChI=1S/C16H25NOS/c1-18-12-14-5-3-4-13(10-14)11-17-15-6-8-16(19-2)9-7-15/h3-5,10,15-17H,6-9,11-12H2,1-2H3. The Morgan fingerprint density at radius 2 is 1.95 bits per heavy atom. The predicted molar refractivity (Wildman–Crippen MR) is 83.6 cm³/mol. The molecule has 1 aromatic rings. The molecular formula is C16H25NOS. The van der Waals surface area contributed by atoms with Crippen LogP contribution in [-0.2, 0) is 17.9 Å². The number of ether oxygens (including phenoxy) is 1. The van der Waals surface area contributed by atoms with E-state index in [1.165, 1.54) is 36.8 Å². The van der Waals surface area contributed by atoms with E-state index in [2.05, 4.69) is 35.8 Å². The highest BCUT2D eigenvalue weighted by Gasteiger charge is 2.19. The first-order valence-corrected chi connectivity index (χ1v) is 8.43. The van der Waals surface area contributed by atoms with Crippen LogP contribution in [0.25, 0.3) is 0 Å². The highest BCUT2D eigenvalue weighted by molar-refractivity contribution is 7.99. The van der Waals surface area contributed by atoms with Crippen molar-refractivity contribution in [2.45, 2.75) is 50.1 Å². The van der Waals surface area contributed by atoms with Gasteiger partial charge in [0.2, 0.25) is 0 Å². The Kier molecular flexibility index (Phi) is 6.21. The third-order valence-electron chi connectivity index (χ3n) is 3.90. The highest BCUT2D eigenvalue weighted by Crippen LogP contribution is 2.26. The van der Waals surface area contributed by atoms with Crippen LogP contribution in [0, 0.1) is 0 Å². The van der Waals surface area contributed by atoms with Crippen molar-refractivity contribution < 1.29 is 4.74 Å². The highest BCUT2D eigenvalue weighted by atomic mass is 32.2. The monoisotopic (exact) mass is 279 g/mol. The second-order valence-electron chi connectivity index (χ2n) is 5.34. The van der Waals surface area contributed by atoms with Gasteiger partial charge in [-0.2, -0.15) is 11.8 Å². The van der Waals surface area contributed by atoms with Crippen molar-refractivity contribution in [3.05, 3.63) is 35.4 Å². The van der Waals surface area contributed by atoms with Gasteiger partial charge in [0.15, 0.2) is 0 Å². The fourth-order valence-corrected chi connectivity index (χ4v) is 3.50. The molecule has 0 radical (unpaired) electrons. The zero-order chi connectivity index (χ0) is 13.5. The largest absolute Gasteiger partial charge is 0.380 e. The molecule has 106 valence electrons. The first-order chi connectivity index (χ1) is 9.31. The molecule has 1 fully saturated rings. The van der Waals surface area contributed by atoms with Crippen molar-refractivity contribution in [3.63, 3.8) is 0 Å². The second-order valence-corrected chi connectivity index (χ2v) is 6.48. The van der Waals surface area contributed by atoms with Gasteiger partial charge in [-0.25, -0.2) is 0 Å². The molecule has 0 saturated heterocycles. The van der Waals surface area contributed by atoms with E-state index in [0.717, 1.165) is 11.8 Å². The SMILES string of the molecule is COCc1cccc(CNC2CCC(SC)CC2)c1. The van der Waals surface area contributed by atoms with Gasteiger partial charge in [0.1, 0.15) is 0 Å². The van der Waals surface area contributed by atoms with Crippen LogP contribution >= 0.6 is 11.8 Å². The lowest BCUT2D eigenvalue weighted by Gasteiger charge is -2.28. The molecule has 1 saturated carbocycles. The number of hydrogen-bond acceptors (Lipinski definition) is 3. The Morgan fingerprint density at radius 1 is 1.21 bits per heavy atom. The Labute approximate surface area is 121 Å². The molecule has 0 spiro atoms. The zero-order valence-electron chi connectivity index (χ0n) is 12.0. The van der Waals surface area contributed by atoms with Crippen molar-refractivity contribution in [1.82, 2.24) is 5.32 Å². The number of hydrogen-bond donors (Lipinski definition) is 1. The molecule has 0 aliphatic heterocycles. The molecule has 3 heteroatoms. The van der Waals surface area contributed by atoms with Gasteiger partial charge in [-0.15, -0.1) is 0 Å². The maximum Gasteiger partial charge on any atom is 0.0713 e. The smallest absolute Gasteiger partial charge is 0.0713 e. The molecule has 2 rings (SSSR count). The summed E-state index contributed by atoms with van der Waals surface area (Å²) in [5.74, 6) is 0. The second kappa shape index (κ2) is 7.93. The van der Waals surface area contributed by atoms with E-state index in [0.29, 0.717) is 12.6 Å². The molecule has 0 atom stereocenters. The van der Waals surface area contributed by atoms with Gasteiger partial charge in [0, 0.05) is 24.9 Å². The maximum absolute atomic E-state index is 5.18. The van der Waals surface area contributed by atoms with Gasteiger partial charge in [-0.05, 0) is 43.1 Å². The fourth-order valence-electron chi connectivity index (χ4n) is 2.76. The molecule has 0 heterocycles. The Bertz CT molecular complexity index is 375. The number of methoxy groups -OCH3 is 1. The minimum atomic E-state index is 0.701. The normalized spacial score (nSPS) is 23.5. The van der Waals surface area contributed by atoms with Gasteiger partial charge >= 0.3 is 0 Å². The zero-order valence-corrected chi connectivity index (χ0v) is 12.8. The van der Waals surface area contributed by atoms with Crippen molar-refractivity contribution in [2.75, 3.05) is 13.4 Å².